The molecule has 0 spiro atoms. The second-order valence-electron chi connectivity index (χ2n) is 7.29. The topological polar surface area (TPSA) is 75.4 Å². The van der Waals surface area contributed by atoms with Crippen LogP contribution in [0.5, 0.6) is 0 Å². The van der Waals surface area contributed by atoms with Crippen LogP contribution in [0, 0.1) is 5.92 Å². The molecule has 134 valence electrons. The van der Waals surface area contributed by atoms with Crippen LogP contribution >= 0.6 is 0 Å². The Morgan fingerprint density at radius 1 is 1.12 bits per heavy atom. The first-order chi connectivity index (χ1) is 12.6. The van der Waals surface area contributed by atoms with E-state index in [2.05, 4.69) is 52.7 Å². The highest BCUT2D eigenvalue weighted by Crippen LogP contribution is 2.37. The van der Waals surface area contributed by atoms with E-state index in [9.17, 15) is 9.59 Å². The van der Waals surface area contributed by atoms with Gasteiger partial charge >= 0.3 is 11.8 Å². The SMILES string of the molecule is NC(=O)C(=O)NCC1CCN(Cc2ccc3c(c2)Cc2ccccc2-3)C1. The summed E-state index contributed by atoms with van der Waals surface area (Å²) in [6.07, 6.45) is 2.04. The van der Waals surface area contributed by atoms with Crippen molar-refractivity contribution >= 4 is 11.8 Å². The van der Waals surface area contributed by atoms with Gasteiger partial charge in [0.2, 0.25) is 0 Å². The average Bonchev–Trinajstić information content (AvgIpc) is 3.23. The standard InChI is InChI=1S/C21H23N3O2/c22-20(25)21(26)23-11-15-7-8-24(13-15)12-14-5-6-19-17(9-14)10-16-3-1-2-4-18(16)19/h1-6,9,15H,7-8,10-13H2,(H2,22,25)(H,23,26). The highest BCUT2D eigenvalue weighted by Gasteiger charge is 2.24. The molecule has 0 bridgehead atoms. The van der Waals surface area contributed by atoms with Crippen LogP contribution in [-0.2, 0) is 22.6 Å². The van der Waals surface area contributed by atoms with Crippen molar-refractivity contribution in [1.29, 1.82) is 0 Å². The number of carbonyl (C=O) groups is 2. The van der Waals surface area contributed by atoms with Crippen LogP contribution in [-0.4, -0.2) is 36.3 Å². The van der Waals surface area contributed by atoms with Gasteiger partial charge in [0.15, 0.2) is 0 Å². The van der Waals surface area contributed by atoms with E-state index in [4.69, 9.17) is 5.73 Å². The van der Waals surface area contributed by atoms with Crippen LogP contribution in [0.1, 0.15) is 23.1 Å². The number of carbonyl (C=O) groups excluding carboxylic acids is 2. The molecule has 4 rings (SSSR count). The molecular formula is C21H23N3O2. The van der Waals surface area contributed by atoms with E-state index in [0.29, 0.717) is 12.5 Å². The highest BCUT2D eigenvalue weighted by molar-refractivity contribution is 6.34. The number of fused-ring (bicyclic) bond motifs is 3. The summed E-state index contributed by atoms with van der Waals surface area (Å²) in [6.45, 7) is 3.37. The van der Waals surface area contributed by atoms with Crippen molar-refractivity contribution in [3.8, 4) is 11.1 Å². The number of nitrogens with one attached hydrogen (secondary N) is 1. The third kappa shape index (κ3) is 3.35. The number of benzene rings is 2. The lowest BCUT2D eigenvalue weighted by Crippen LogP contribution is -2.39. The second kappa shape index (κ2) is 6.92. The van der Waals surface area contributed by atoms with Gasteiger partial charge in [-0.05, 0) is 53.1 Å². The first-order valence-electron chi connectivity index (χ1n) is 9.10. The lowest BCUT2D eigenvalue weighted by Gasteiger charge is -2.17. The highest BCUT2D eigenvalue weighted by atomic mass is 16.2. The quantitative estimate of drug-likeness (QED) is 0.704. The number of hydrogen-bond acceptors (Lipinski definition) is 3. The summed E-state index contributed by atoms with van der Waals surface area (Å²) >= 11 is 0. The number of rotatable bonds is 4. The zero-order valence-corrected chi connectivity index (χ0v) is 14.7. The molecule has 26 heavy (non-hydrogen) atoms. The Morgan fingerprint density at radius 2 is 1.92 bits per heavy atom. The molecule has 2 aromatic carbocycles. The first-order valence-corrected chi connectivity index (χ1v) is 9.10. The Kier molecular flexibility index (Phi) is 4.47. The Morgan fingerprint density at radius 3 is 2.77 bits per heavy atom. The molecule has 2 aromatic rings. The minimum Gasteiger partial charge on any atom is -0.361 e. The normalized spacial score (nSPS) is 18.4. The molecule has 1 fully saturated rings. The molecule has 1 saturated heterocycles. The first kappa shape index (κ1) is 16.8. The fraction of sp³-hybridized carbons (Fsp3) is 0.333. The van der Waals surface area contributed by atoms with Crippen LogP contribution in [0.4, 0.5) is 0 Å². The summed E-state index contributed by atoms with van der Waals surface area (Å²) in [5.41, 5.74) is 11.8. The van der Waals surface area contributed by atoms with Crippen LogP contribution < -0.4 is 11.1 Å². The molecule has 5 nitrogen and oxygen atoms in total. The predicted octanol–water partition coefficient (Wildman–Crippen LogP) is 1.68. The number of hydrogen-bond donors (Lipinski definition) is 2. The molecule has 1 aliphatic carbocycles. The molecule has 1 aliphatic heterocycles. The fourth-order valence-electron chi connectivity index (χ4n) is 4.10. The van der Waals surface area contributed by atoms with Crippen molar-refractivity contribution in [2.75, 3.05) is 19.6 Å². The van der Waals surface area contributed by atoms with Gasteiger partial charge in [-0.1, -0.05) is 42.5 Å². The molecule has 1 atom stereocenters. The lowest BCUT2D eigenvalue weighted by molar-refractivity contribution is -0.137. The Hall–Kier alpha value is -2.66. The van der Waals surface area contributed by atoms with Crippen molar-refractivity contribution in [1.82, 2.24) is 10.2 Å². The summed E-state index contributed by atoms with van der Waals surface area (Å²) in [7, 11) is 0. The van der Waals surface area contributed by atoms with E-state index < -0.39 is 11.8 Å². The minimum atomic E-state index is -0.918. The monoisotopic (exact) mass is 349 g/mol. The Labute approximate surface area is 153 Å². The van der Waals surface area contributed by atoms with E-state index in [0.717, 1.165) is 32.5 Å². The zero-order chi connectivity index (χ0) is 18.1. The average molecular weight is 349 g/mol. The van der Waals surface area contributed by atoms with Crippen molar-refractivity contribution in [2.24, 2.45) is 11.7 Å². The van der Waals surface area contributed by atoms with Crippen molar-refractivity contribution in [2.45, 2.75) is 19.4 Å². The van der Waals surface area contributed by atoms with E-state index in [-0.39, 0.29) is 0 Å². The van der Waals surface area contributed by atoms with E-state index >= 15 is 0 Å². The number of nitrogens with two attached hydrogens (primary N) is 1. The van der Waals surface area contributed by atoms with Gasteiger partial charge in [-0.3, -0.25) is 14.5 Å². The third-order valence-electron chi connectivity index (χ3n) is 5.41. The van der Waals surface area contributed by atoms with Gasteiger partial charge in [-0.2, -0.15) is 0 Å². The number of likely N-dealkylation sites (tertiary alicyclic amines) is 1. The van der Waals surface area contributed by atoms with Gasteiger partial charge in [0, 0.05) is 19.6 Å². The number of primary amides is 1. The van der Waals surface area contributed by atoms with Gasteiger partial charge in [0.05, 0.1) is 0 Å². The Bertz CT molecular complexity index is 862. The third-order valence-corrected chi connectivity index (χ3v) is 5.41. The van der Waals surface area contributed by atoms with Gasteiger partial charge in [0.1, 0.15) is 0 Å². The molecule has 1 unspecified atom stereocenters. The maximum atomic E-state index is 11.3. The maximum absolute atomic E-state index is 11.3. The maximum Gasteiger partial charge on any atom is 0.309 e. The van der Waals surface area contributed by atoms with E-state index in [1.54, 1.807) is 0 Å². The summed E-state index contributed by atoms with van der Waals surface area (Å²) in [6, 6.07) is 15.4. The molecular weight excluding hydrogens is 326 g/mol. The summed E-state index contributed by atoms with van der Waals surface area (Å²) < 4.78 is 0. The Balaban J connectivity index is 1.35. The fourth-order valence-corrected chi connectivity index (χ4v) is 4.10. The van der Waals surface area contributed by atoms with Gasteiger partial charge in [-0.15, -0.1) is 0 Å². The molecule has 5 heteroatoms. The smallest absolute Gasteiger partial charge is 0.309 e. The van der Waals surface area contributed by atoms with E-state index in [1.165, 1.54) is 27.8 Å². The van der Waals surface area contributed by atoms with Crippen LogP contribution in [0.25, 0.3) is 11.1 Å². The minimum absolute atomic E-state index is 0.372. The summed E-state index contributed by atoms with van der Waals surface area (Å²) in [4.78, 5) is 24.5. The largest absolute Gasteiger partial charge is 0.361 e. The molecule has 0 aromatic heterocycles. The molecule has 2 amide bonds. The lowest BCUT2D eigenvalue weighted by atomic mass is 10.0. The zero-order valence-electron chi connectivity index (χ0n) is 14.7. The van der Waals surface area contributed by atoms with E-state index in [1.807, 2.05) is 0 Å². The number of amides is 2. The summed E-state index contributed by atoms with van der Waals surface area (Å²) in [5.74, 6) is -1.24. The molecule has 0 saturated carbocycles. The molecule has 2 aliphatic rings. The van der Waals surface area contributed by atoms with Gasteiger partial charge in [-0.25, -0.2) is 0 Å². The van der Waals surface area contributed by atoms with Gasteiger partial charge in [0.25, 0.3) is 0 Å². The molecule has 0 radical (unpaired) electrons. The van der Waals surface area contributed by atoms with Crippen molar-refractivity contribution in [3.05, 3.63) is 59.2 Å². The van der Waals surface area contributed by atoms with Crippen molar-refractivity contribution in [3.63, 3.8) is 0 Å². The molecule has 3 N–H and O–H groups in total. The van der Waals surface area contributed by atoms with Crippen molar-refractivity contribution < 1.29 is 9.59 Å². The predicted molar refractivity (Wildman–Crippen MR) is 100 cm³/mol. The van der Waals surface area contributed by atoms with Gasteiger partial charge < -0.3 is 11.1 Å². The van der Waals surface area contributed by atoms with Crippen LogP contribution in [0.15, 0.2) is 42.5 Å². The van der Waals surface area contributed by atoms with Crippen LogP contribution in [0.3, 0.4) is 0 Å². The second-order valence-corrected chi connectivity index (χ2v) is 7.29. The number of nitrogens with zero attached hydrogens (tertiary/aromatic N) is 1. The van der Waals surface area contributed by atoms with Crippen LogP contribution in [0.2, 0.25) is 0 Å². The molecule has 1 heterocycles. The summed E-state index contributed by atoms with van der Waals surface area (Å²) in [5, 5.41) is 2.61.